The van der Waals surface area contributed by atoms with Crippen molar-refractivity contribution in [2.75, 3.05) is 12.4 Å². The van der Waals surface area contributed by atoms with E-state index in [2.05, 4.69) is 21.4 Å². The Balaban J connectivity index is 2.20. The number of ether oxygens (including phenoxy) is 1. The second-order valence-electron chi connectivity index (χ2n) is 3.75. The molecule has 5 nitrogen and oxygen atoms in total. The molecule has 0 aliphatic carbocycles. The van der Waals surface area contributed by atoms with Crippen molar-refractivity contribution in [1.29, 1.82) is 5.26 Å². The highest BCUT2D eigenvalue weighted by Gasteiger charge is 2.04. The van der Waals surface area contributed by atoms with Gasteiger partial charge < -0.3 is 10.1 Å². The number of nitrogens with one attached hydrogen (secondary N) is 1. The van der Waals surface area contributed by atoms with Crippen molar-refractivity contribution in [3.63, 3.8) is 0 Å². The maximum Gasteiger partial charge on any atom is 0.228 e. The molecule has 0 fully saturated rings. The number of nitriles is 1. The standard InChI is InChI=1S/C13H11ClN4O/c1-19-8-11-6-12(14)18-13(17-11)16-10-4-2-9(7-15)3-5-10/h2-6H,8H2,1H3,(H,16,17,18). The Labute approximate surface area is 115 Å². The van der Waals surface area contributed by atoms with Crippen LogP contribution in [0.15, 0.2) is 30.3 Å². The zero-order valence-corrected chi connectivity index (χ0v) is 11.0. The summed E-state index contributed by atoms with van der Waals surface area (Å²) in [5.41, 5.74) is 2.07. The van der Waals surface area contributed by atoms with Gasteiger partial charge in [0, 0.05) is 12.8 Å². The van der Waals surface area contributed by atoms with Crippen molar-refractivity contribution in [2.45, 2.75) is 6.61 Å². The fourth-order valence-corrected chi connectivity index (χ4v) is 1.71. The van der Waals surface area contributed by atoms with Gasteiger partial charge in [-0.1, -0.05) is 11.6 Å². The Morgan fingerprint density at radius 2 is 2.05 bits per heavy atom. The topological polar surface area (TPSA) is 70.8 Å². The summed E-state index contributed by atoms with van der Waals surface area (Å²) in [6.45, 7) is 0.365. The molecule has 2 aromatic rings. The molecule has 1 heterocycles. The highest BCUT2D eigenvalue weighted by atomic mass is 35.5. The Kier molecular flexibility index (Phi) is 4.29. The van der Waals surface area contributed by atoms with Crippen LogP contribution in [-0.4, -0.2) is 17.1 Å². The molecule has 0 radical (unpaired) electrons. The molecule has 0 saturated heterocycles. The largest absolute Gasteiger partial charge is 0.378 e. The first-order valence-corrected chi connectivity index (χ1v) is 5.88. The molecule has 0 bridgehead atoms. The molecule has 0 atom stereocenters. The van der Waals surface area contributed by atoms with Crippen molar-refractivity contribution < 1.29 is 4.74 Å². The second-order valence-corrected chi connectivity index (χ2v) is 4.14. The summed E-state index contributed by atoms with van der Waals surface area (Å²) in [5.74, 6) is 0.393. The van der Waals surface area contributed by atoms with Crippen molar-refractivity contribution in [3.8, 4) is 6.07 Å². The zero-order chi connectivity index (χ0) is 13.7. The Morgan fingerprint density at radius 3 is 2.68 bits per heavy atom. The van der Waals surface area contributed by atoms with Gasteiger partial charge in [-0.05, 0) is 30.3 Å². The number of anilines is 2. The van der Waals surface area contributed by atoms with E-state index in [0.717, 1.165) is 5.69 Å². The van der Waals surface area contributed by atoms with Crippen LogP contribution in [0, 0.1) is 11.3 Å². The quantitative estimate of drug-likeness (QED) is 0.868. The lowest BCUT2D eigenvalue weighted by molar-refractivity contribution is 0.181. The first kappa shape index (κ1) is 13.3. The van der Waals surface area contributed by atoms with E-state index in [1.165, 1.54) is 0 Å². The van der Waals surface area contributed by atoms with Crippen LogP contribution in [0.4, 0.5) is 11.6 Å². The number of benzene rings is 1. The number of rotatable bonds is 4. The second kappa shape index (κ2) is 6.14. The highest BCUT2D eigenvalue weighted by molar-refractivity contribution is 6.29. The SMILES string of the molecule is COCc1cc(Cl)nc(Nc2ccc(C#N)cc2)n1. The van der Waals surface area contributed by atoms with E-state index >= 15 is 0 Å². The number of halogens is 1. The minimum Gasteiger partial charge on any atom is -0.378 e. The summed E-state index contributed by atoms with van der Waals surface area (Å²) >= 11 is 5.91. The molecule has 0 aliphatic rings. The zero-order valence-electron chi connectivity index (χ0n) is 10.2. The Bertz CT molecular complexity index is 607. The predicted molar refractivity (Wildman–Crippen MR) is 72.2 cm³/mol. The number of aromatic nitrogens is 2. The van der Waals surface area contributed by atoms with Gasteiger partial charge in [0.25, 0.3) is 0 Å². The van der Waals surface area contributed by atoms with Gasteiger partial charge in [0.05, 0.1) is 23.9 Å². The average Bonchev–Trinajstić information content (AvgIpc) is 2.39. The molecular formula is C13H11ClN4O. The molecule has 6 heteroatoms. The summed E-state index contributed by atoms with van der Waals surface area (Å²) in [7, 11) is 1.59. The molecule has 0 aliphatic heterocycles. The van der Waals surface area contributed by atoms with Gasteiger partial charge in [-0.15, -0.1) is 0 Å². The number of nitrogens with zero attached hydrogens (tertiary/aromatic N) is 3. The van der Waals surface area contributed by atoms with Gasteiger partial charge in [0.2, 0.25) is 5.95 Å². The number of hydrogen-bond donors (Lipinski definition) is 1. The molecule has 0 unspecified atom stereocenters. The molecule has 1 N–H and O–H groups in total. The predicted octanol–water partition coefficient (Wildman–Crippen LogP) is 2.89. The summed E-state index contributed by atoms with van der Waals surface area (Å²) in [5, 5.41) is 12.1. The molecular weight excluding hydrogens is 264 g/mol. The lowest BCUT2D eigenvalue weighted by Crippen LogP contribution is -2.01. The third-order valence-electron chi connectivity index (χ3n) is 2.31. The molecule has 96 valence electrons. The summed E-state index contributed by atoms with van der Waals surface area (Å²) in [4.78, 5) is 8.34. The first-order chi connectivity index (χ1) is 9.21. The van der Waals surface area contributed by atoms with Crippen LogP contribution >= 0.6 is 11.6 Å². The van der Waals surface area contributed by atoms with Crippen molar-refractivity contribution in [3.05, 3.63) is 46.7 Å². The Hall–Kier alpha value is -2.16. The molecule has 0 saturated carbocycles. The van der Waals surface area contributed by atoms with E-state index < -0.39 is 0 Å². The van der Waals surface area contributed by atoms with Crippen LogP contribution in [0.1, 0.15) is 11.3 Å². The maximum absolute atomic E-state index is 8.72. The maximum atomic E-state index is 8.72. The third-order valence-corrected chi connectivity index (χ3v) is 2.50. The van der Waals surface area contributed by atoms with Crippen LogP contribution in [0.25, 0.3) is 0 Å². The third kappa shape index (κ3) is 3.65. The summed E-state index contributed by atoms with van der Waals surface area (Å²) < 4.78 is 5.01. The normalized spacial score (nSPS) is 9.95. The number of methoxy groups -OCH3 is 1. The number of hydrogen-bond acceptors (Lipinski definition) is 5. The van der Waals surface area contributed by atoms with E-state index in [1.807, 2.05) is 0 Å². The molecule has 0 amide bonds. The van der Waals surface area contributed by atoms with Crippen molar-refractivity contribution in [1.82, 2.24) is 9.97 Å². The summed E-state index contributed by atoms with van der Waals surface area (Å²) in [6.07, 6.45) is 0. The monoisotopic (exact) mass is 274 g/mol. The average molecular weight is 275 g/mol. The van der Waals surface area contributed by atoms with Gasteiger partial charge >= 0.3 is 0 Å². The van der Waals surface area contributed by atoms with Gasteiger partial charge in [0.15, 0.2) is 0 Å². The minimum absolute atomic E-state index is 0.346. The van der Waals surface area contributed by atoms with Gasteiger partial charge in [-0.3, -0.25) is 0 Å². The molecule has 1 aromatic carbocycles. The molecule has 2 rings (SSSR count). The lowest BCUT2D eigenvalue weighted by Gasteiger charge is -2.07. The van der Waals surface area contributed by atoms with Gasteiger partial charge in [-0.25, -0.2) is 9.97 Å². The lowest BCUT2D eigenvalue weighted by atomic mass is 10.2. The molecule has 19 heavy (non-hydrogen) atoms. The van der Waals surface area contributed by atoms with Gasteiger partial charge in [-0.2, -0.15) is 5.26 Å². The fraction of sp³-hybridized carbons (Fsp3) is 0.154. The fourth-order valence-electron chi connectivity index (χ4n) is 1.50. The van der Waals surface area contributed by atoms with E-state index in [1.54, 1.807) is 37.4 Å². The van der Waals surface area contributed by atoms with Crippen molar-refractivity contribution >= 4 is 23.2 Å². The molecule has 1 aromatic heterocycles. The highest BCUT2D eigenvalue weighted by Crippen LogP contribution is 2.16. The summed E-state index contributed by atoms with van der Waals surface area (Å²) in [6, 6.07) is 10.7. The first-order valence-electron chi connectivity index (χ1n) is 5.51. The van der Waals surface area contributed by atoms with Crippen LogP contribution in [0.2, 0.25) is 5.15 Å². The van der Waals surface area contributed by atoms with E-state index in [0.29, 0.717) is 29.0 Å². The van der Waals surface area contributed by atoms with E-state index in [4.69, 9.17) is 21.6 Å². The van der Waals surface area contributed by atoms with E-state index in [9.17, 15) is 0 Å². The van der Waals surface area contributed by atoms with E-state index in [-0.39, 0.29) is 0 Å². The van der Waals surface area contributed by atoms with Crippen molar-refractivity contribution in [2.24, 2.45) is 0 Å². The van der Waals surface area contributed by atoms with Crippen LogP contribution in [0.5, 0.6) is 0 Å². The molecule has 0 spiro atoms. The Morgan fingerprint density at radius 1 is 1.32 bits per heavy atom. The minimum atomic E-state index is 0.346. The smallest absolute Gasteiger partial charge is 0.228 e. The van der Waals surface area contributed by atoms with Crippen LogP contribution in [0.3, 0.4) is 0 Å². The van der Waals surface area contributed by atoms with Crippen LogP contribution < -0.4 is 5.32 Å². The van der Waals surface area contributed by atoms with Crippen LogP contribution in [-0.2, 0) is 11.3 Å². The van der Waals surface area contributed by atoms with Gasteiger partial charge in [0.1, 0.15) is 5.15 Å².